The molecule has 2 aromatic rings. The van der Waals surface area contributed by atoms with E-state index in [1.807, 2.05) is 11.9 Å². The largest absolute Gasteiger partial charge is 0.370 e. The lowest BCUT2D eigenvalue weighted by Gasteiger charge is -2.34. The monoisotopic (exact) mass is 406 g/mol. The number of amides is 1. The quantitative estimate of drug-likeness (QED) is 0.841. The number of nitrogens with zero attached hydrogens (tertiary/aromatic N) is 5. The SMILES string of the molecule is CNc1nc2c(c(C(=O)N3CCCC3)n1)CN(C1CCN(c3ccccc3)C1)CC2. The molecule has 4 heterocycles. The molecule has 2 fully saturated rings. The van der Waals surface area contributed by atoms with Gasteiger partial charge in [0.05, 0.1) is 5.69 Å². The Labute approximate surface area is 178 Å². The fraction of sp³-hybridized carbons (Fsp3) is 0.522. The first-order valence-electron chi connectivity index (χ1n) is 11.1. The molecule has 7 nitrogen and oxygen atoms in total. The van der Waals surface area contributed by atoms with Crippen molar-refractivity contribution in [2.45, 2.75) is 38.3 Å². The molecule has 1 aromatic carbocycles. The minimum absolute atomic E-state index is 0.0711. The molecular formula is C23H30N6O. The van der Waals surface area contributed by atoms with E-state index in [2.05, 4.69) is 50.4 Å². The van der Waals surface area contributed by atoms with E-state index in [0.29, 0.717) is 17.7 Å². The number of hydrogen-bond acceptors (Lipinski definition) is 6. The summed E-state index contributed by atoms with van der Waals surface area (Å²) in [7, 11) is 1.82. The van der Waals surface area contributed by atoms with Gasteiger partial charge in [0.15, 0.2) is 0 Å². The van der Waals surface area contributed by atoms with E-state index in [4.69, 9.17) is 4.98 Å². The zero-order valence-corrected chi connectivity index (χ0v) is 17.7. The number of fused-ring (bicyclic) bond motifs is 1. The highest BCUT2D eigenvalue weighted by Crippen LogP contribution is 2.29. The number of likely N-dealkylation sites (tertiary alicyclic amines) is 1. The third-order valence-electron chi connectivity index (χ3n) is 6.71. The molecular weight excluding hydrogens is 376 g/mol. The van der Waals surface area contributed by atoms with Gasteiger partial charge in [0.1, 0.15) is 5.69 Å². The fourth-order valence-electron chi connectivity index (χ4n) is 5.02. The highest BCUT2D eigenvalue weighted by Gasteiger charge is 2.34. The van der Waals surface area contributed by atoms with Crippen molar-refractivity contribution in [1.29, 1.82) is 0 Å². The fourth-order valence-corrected chi connectivity index (χ4v) is 5.02. The Morgan fingerprint density at radius 2 is 1.87 bits per heavy atom. The van der Waals surface area contributed by atoms with Crippen molar-refractivity contribution < 1.29 is 4.79 Å². The van der Waals surface area contributed by atoms with Crippen molar-refractivity contribution >= 4 is 17.5 Å². The first kappa shape index (κ1) is 19.3. The molecule has 0 radical (unpaired) electrons. The molecule has 1 atom stereocenters. The van der Waals surface area contributed by atoms with Crippen LogP contribution in [-0.2, 0) is 13.0 Å². The minimum Gasteiger partial charge on any atom is -0.370 e. The van der Waals surface area contributed by atoms with Gasteiger partial charge in [0.2, 0.25) is 5.95 Å². The van der Waals surface area contributed by atoms with Crippen LogP contribution < -0.4 is 10.2 Å². The summed E-state index contributed by atoms with van der Waals surface area (Å²) in [6.45, 7) is 5.53. The van der Waals surface area contributed by atoms with Gasteiger partial charge in [-0.05, 0) is 31.4 Å². The van der Waals surface area contributed by atoms with Gasteiger partial charge in [0, 0.05) is 70.0 Å². The van der Waals surface area contributed by atoms with Crippen LogP contribution in [0.4, 0.5) is 11.6 Å². The first-order valence-corrected chi connectivity index (χ1v) is 11.1. The number of aromatic nitrogens is 2. The second kappa shape index (κ2) is 8.22. The van der Waals surface area contributed by atoms with Crippen LogP contribution in [0.25, 0.3) is 0 Å². The van der Waals surface area contributed by atoms with Crippen LogP contribution >= 0.6 is 0 Å². The van der Waals surface area contributed by atoms with E-state index in [9.17, 15) is 4.79 Å². The molecule has 158 valence electrons. The molecule has 3 aliphatic heterocycles. The maximum atomic E-state index is 13.2. The molecule has 0 spiro atoms. The van der Waals surface area contributed by atoms with Gasteiger partial charge in [-0.15, -0.1) is 0 Å². The second-order valence-electron chi connectivity index (χ2n) is 8.51. The first-order chi connectivity index (χ1) is 14.7. The molecule has 2 saturated heterocycles. The standard InChI is InChI=1S/C23H30N6O/c1-24-23-25-20-10-14-29(18-9-13-28(15-18)17-7-3-2-4-8-17)16-19(20)21(26-23)22(30)27-11-5-6-12-27/h2-4,7-8,18H,5-6,9-16H2,1H3,(H,24,25,26). The molecule has 0 saturated carbocycles. The zero-order valence-electron chi connectivity index (χ0n) is 17.7. The lowest BCUT2D eigenvalue weighted by atomic mass is 10.0. The summed E-state index contributed by atoms with van der Waals surface area (Å²) in [5, 5.41) is 3.04. The van der Waals surface area contributed by atoms with Gasteiger partial charge < -0.3 is 15.1 Å². The highest BCUT2D eigenvalue weighted by atomic mass is 16.2. The van der Waals surface area contributed by atoms with E-state index in [-0.39, 0.29) is 5.91 Å². The van der Waals surface area contributed by atoms with E-state index in [1.165, 1.54) is 5.69 Å². The molecule has 7 heteroatoms. The van der Waals surface area contributed by atoms with Crippen molar-refractivity contribution in [3.63, 3.8) is 0 Å². The molecule has 1 aromatic heterocycles. The summed E-state index contributed by atoms with van der Waals surface area (Å²) in [6, 6.07) is 11.1. The lowest BCUT2D eigenvalue weighted by molar-refractivity contribution is 0.0782. The maximum absolute atomic E-state index is 13.2. The van der Waals surface area contributed by atoms with Crippen LogP contribution in [0.1, 0.15) is 41.0 Å². The average Bonchev–Trinajstić information content (AvgIpc) is 3.51. The Balaban J connectivity index is 1.37. The Morgan fingerprint density at radius 1 is 1.07 bits per heavy atom. The van der Waals surface area contributed by atoms with E-state index >= 15 is 0 Å². The summed E-state index contributed by atoms with van der Waals surface area (Å²) in [4.78, 5) is 29.5. The van der Waals surface area contributed by atoms with E-state index < -0.39 is 0 Å². The van der Waals surface area contributed by atoms with Crippen LogP contribution in [0, 0.1) is 0 Å². The Hall–Kier alpha value is -2.67. The summed E-state index contributed by atoms with van der Waals surface area (Å²) < 4.78 is 0. The number of anilines is 2. The highest BCUT2D eigenvalue weighted by molar-refractivity contribution is 5.94. The number of carbonyl (C=O) groups excluding carboxylic acids is 1. The maximum Gasteiger partial charge on any atom is 0.273 e. The lowest BCUT2D eigenvalue weighted by Crippen LogP contribution is -2.42. The van der Waals surface area contributed by atoms with Crippen molar-refractivity contribution in [2.75, 3.05) is 50.0 Å². The van der Waals surface area contributed by atoms with Crippen molar-refractivity contribution in [1.82, 2.24) is 19.8 Å². The van der Waals surface area contributed by atoms with Crippen LogP contribution in [0.3, 0.4) is 0 Å². The summed E-state index contributed by atoms with van der Waals surface area (Å²) in [6.07, 6.45) is 4.19. The number of nitrogens with one attached hydrogen (secondary N) is 1. The normalized spacial score (nSPS) is 21.7. The number of hydrogen-bond donors (Lipinski definition) is 1. The minimum atomic E-state index is 0.0711. The summed E-state index contributed by atoms with van der Waals surface area (Å²) >= 11 is 0. The van der Waals surface area contributed by atoms with Crippen molar-refractivity contribution in [3.8, 4) is 0 Å². The summed E-state index contributed by atoms with van der Waals surface area (Å²) in [5.74, 6) is 0.628. The molecule has 0 aliphatic carbocycles. The Bertz CT molecular complexity index is 911. The molecule has 3 aliphatic rings. The number of carbonyl (C=O) groups is 1. The smallest absolute Gasteiger partial charge is 0.273 e. The van der Waals surface area contributed by atoms with Gasteiger partial charge in [-0.1, -0.05) is 18.2 Å². The Morgan fingerprint density at radius 3 is 2.63 bits per heavy atom. The van der Waals surface area contributed by atoms with E-state index in [1.54, 1.807) is 0 Å². The number of benzene rings is 1. The molecule has 30 heavy (non-hydrogen) atoms. The third kappa shape index (κ3) is 3.62. The van der Waals surface area contributed by atoms with Crippen LogP contribution in [0.15, 0.2) is 30.3 Å². The molecule has 1 N–H and O–H groups in total. The number of rotatable bonds is 4. The van der Waals surface area contributed by atoms with Gasteiger partial charge >= 0.3 is 0 Å². The van der Waals surface area contributed by atoms with Gasteiger partial charge in [-0.3, -0.25) is 9.69 Å². The second-order valence-corrected chi connectivity index (χ2v) is 8.51. The van der Waals surface area contributed by atoms with Crippen LogP contribution in [-0.4, -0.2) is 71.5 Å². The van der Waals surface area contributed by atoms with Crippen LogP contribution in [0.5, 0.6) is 0 Å². The predicted octanol–water partition coefficient (Wildman–Crippen LogP) is 2.39. The van der Waals surface area contributed by atoms with Gasteiger partial charge in [0.25, 0.3) is 5.91 Å². The van der Waals surface area contributed by atoms with Gasteiger partial charge in [-0.2, -0.15) is 0 Å². The van der Waals surface area contributed by atoms with E-state index in [0.717, 1.165) is 76.2 Å². The average molecular weight is 407 g/mol. The Kier molecular flexibility index (Phi) is 5.29. The zero-order chi connectivity index (χ0) is 20.5. The van der Waals surface area contributed by atoms with Crippen molar-refractivity contribution in [2.24, 2.45) is 0 Å². The molecule has 0 bridgehead atoms. The third-order valence-corrected chi connectivity index (χ3v) is 6.71. The molecule has 5 rings (SSSR count). The van der Waals surface area contributed by atoms with Crippen molar-refractivity contribution in [3.05, 3.63) is 47.3 Å². The molecule has 1 unspecified atom stereocenters. The summed E-state index contributed by atoms with van der Waals surface area (Å²) in [5.41, 5.74) is 3.97. The topological polar surface area (TPSA) is 64.6 Å². The van der Waals surface area contributed by atoms with Gasteiger partial charge in [-0.25, -0.2) is 9.97 Å². The predicted molar refractivity (Wildman–Crippen MR) is 118 cm³/mol. The number of para-hydroxylation sites is 1. The molecule has 1 amide bonds. The van der Waals surface area contributed by atoms with Crippen LogP contribution in [0.2, 0.25) is 0 Å².